The first-order valence-corrected chi connectivity index (χ1v) is 9.78. The first-order chi connectivity index (χ1) is 11.4. The highest BCUT2D eigenvalue weighted by atomic mass is 79.9. The van der Waals surface area contributed by atoms with Gasteiger partial charge >= 0.3 is 0 Å². The molecule has 2 rings (SSSR count). The van der Waals surface area contributed by atoms with Crippen LogP contribution in [0.4, 0.5) is 5.69 Å². The smallest absolute Gasteiger partial charge is 0.228 e. The second kappa shape index (κ2) is 8.84. The number of aromatic nitrogens is 1. The lowest BCUT2D eigenvalue weighted by Gasteiger charge is -2.31. The Labute approximate surface area is 154 Å². The van der Waals surface area contributed by atoms with Crippen molar-refractivity contribution >= 4 is 28.0 Å². The van der Waals surface area contributed by atoms with Crippen LogP contribution in [-0.4, -0.2) is 35.9 Å². The number of nitrogens with zero attached hydrogens (tertiary/aromatic N) is 3. The Morgan fingerprint density at radius 2 is 2.04 bits per heavy atom. The maximum absolute atomic E-state index is 6.18. The fraction of sp³-hybridized carbons (Fsp3) is 0.684. The fourth-order valence-corrected chi connectivity index (χ4v) is 3.43. The molecule has 1 heterocycles. The third-order valence-electron chi connectivity index (χ3n) is 4.94. The quantitative estimate of drug-likeness (QED) is 0.480. The molecule has 1 aliphatic carbocycles. The largest absolute Gasteiger partial charge is 0.474 e. The van der Waals surface area contributed by atoms with Crippen LogP contribution in [0.3, 0.4) is 0 Å². The average molecular weight is 396 g/mol. The van der Waals surface area contributed by atoms with E-state index in [0.717, 1.165) is 47.1 Å². The van der Waals surface area contributed by atoms with Crippen LogP contribution in [0, 0.1) is 18.8 Å². The predicted octanol–water partition coefficient (Wildman–Crippen LogP) is 5.36. The second-order valence-electron chi connectivity index (χ2n) is 7.10. The molecule has 4 nitrogen and oxygen atoms in total. The van der Waals surface area contributed by atoms with Crippen molar-refractivity contribution < 1.29 is 4.74 Å². The van der Waals surface area contributed by atoms with E-state index in [1.165, 1.54) is 12.8 Å². The zero-order valence-electron chi connectivity index (χ0n) is 15.6. The van der Waals surface area contributed by atoms with Crippen molar-refractivity contribution in [3.8, 4) is 5.88 Å². The van der Waals surface area contributed by atoms with E-state index in [2.05, 4.69) is 46.7 Å². The monoisotopic (exact) mass is 395 g/mol. The summed E-state index contributed by atoms with van der Waals surface area (Å²) in [5, 5.41) is 0. The van der Waals surface area contributed by atoms with E-state index in [-0.39, 0.29) is 6.10 Å². The third kappa shape index (κ3) is 5.20. The molecule has 1 aromatic heterocycles. The van der Waals surface area contributed by atoms with E-state index in [0.29, 0.717) is 5.88 Å². The lowest BCUT2D eigenvalue weighted by molar-refractivity contribution is 0.111. The van der Waals surface area contributed by atoms with Gasteiger partial charge in [-0.05, 0) is 73.4 Å². The minimum Gasteiger partial charge on any atom is -0.474 e. The molecule has 1 saturated carbocycles. The van der Waals surface area contributed by atoms with Gasteiger partial charge in [0.1, 0.15) is 6.10 Å². The molecule has 0 aromatic carbocycles. The van der Waals surface area contributed by atoms with Gasteiger partial charge in [0.05, 0.1) is 22.2 Å². The summed E-state index contributed by atoms with van der Waals surface area (Å²) in [6, 6.07) is 2.00. The molecule has 0 saturated heterocycles. The van der Waals surface area contributed by atoms with Gasteiger partial charge in [0, 0.05) is 13.6 Å². The fourth-order valence-electron chi connectivity index (χ4n) is 3.04. The van der Waals surface area contributed by atoms with Crippen molar-refractivity contribution in [1.82, 2.24) is 9.88 Å². The molecule has 24 heavy (non-hydrogen) atoms. The summed E-state index contributed by atoms with van der Waals surface area (Å²) in [4.78, 5) is 11.2. The van der Waals surface area contributed by atoms with E-state index in [4.69, 9.17) is 4.74 Å². The first-order valence-electron chi connectivity index (χ1n) is 8.98. The molecule has 0 N–H and O–H groups in total. The summed E-state index contributed by atoms with van der Waals surface area (Å²) < 4.78 is 7.06. The Kier molecular flexibility index (Phi) is 7.08. The molecule has 1 aromatic rings. The summed E-state index contributed by atoms with van der Waals surface area (Å²) >= 11 is 3.59. The Balaban J connectivity index is 2.02. The first kappa shape index (κ1) is 19.2. The maximum atomic E-state index is 6.18. The number of halogens is 1. The molecule has 0 atom stereocenters. The van der Waals surface area contributed by atoms with Gasteiger partial charge in [0.2, 0.25) is 5.88 Å². The van der Waals surface area contributed by atoms with Crippen molar-refractivity contribution in [3.05, 3.63) is 16.2 Å². The van der Waals surface area contributed by atoms with Gasteiger partial charge in [0.25, 0.3) is 0 Å². The molecule has 134 valence electrons. The van der Waals surface area contributed by atoms with Gasteiger partial charge in [-0.3, -0.25) is 0 Å². The lowest BCUT2D eigenvalue weighted by atomic mass is 9.80. The number of aryl methyl sites for hydroxylation is 1. The lowest BCUT2D eigenvalue weighted by Crippen LogP contribution is -2.26. The molecule has 0 aliphatic heterocycles. The molecule has 1 fully saturated rings. The highest BCUT2D eigenvalue weighted by molar-refractivity contribution is 9.10. The van der Waals surface area contributed by atoms with Crippen LogP contribution in [0.1, 0.15) is 52.1 Å². The van der Waals surface area contributed by atoms with Crippen LogP contribution in [-0.2, 0) is 0 Å². The molecule has 1 aliphatic rings. The second-order valence-corrected chi connectivity index (χ2v) is 7.95. The average Bonchev–Trinajstić information content (AvgIpc) is 2.56. The standard InChI is InChI=1S/C19H30BrN3O/c1-6-23(5)12-21-18-11-17(20)19(22-14(18)4)24-16-9-7-15(8-10-16)13(2)3/h11-13,15-16H,6-10H2,1-5H3/b21-12-/t15-,16+. The van der Waals surface area contributed by atoms with Crippen molar-refractivity contribution in [1.29, 1.82) is 0 Å². The van der Waals surface area contributed by atoms with E-state index in [1.807, 2.05) is 31.3 Å². The number of ether oxygens (including phenoxy) is 1. The minimum absolute atomic E-state index is 0.281. The van der Waals surface area contributed by atoms with E-state index in [9.17, 15) is 0 Å². The van der Waals surface area contributed by atoms with Crippen LogP contribution in [0.5, 0.6) is 5.88 Å². The van der Waals surface area contributed by atoms with Crippen LogP contribution in [0.2, 0.25) is 0 Å². The summed E-state index contributed by atoms with van der Waals surface area (Å²) in [5.41, 5.74) is 1.77. The summed E-state index contributed by atoms with van der Waals surface area (Å²) in [6.45, 7) is 9.65. The zero-order valence-corrected chi connectivity index (χ0v) is 17.1. The van der Waals surface area contributed by atoms with Gasteiger partial charge in [-0.25, -0.2) is 9.98 Å². The van der Waals surface area contributed by atoms with Crippen molar-refractivity contribution in [2.24, 2.45) is 16.8 Å². The van der Waals surface area contributed by atoms with Crippen LogP contribution in [0.15, 0.2) is 15.5 Å². The summed E-state index contributed by atoms with van der Waals surface area (Å²) in [5.74, 6) is 2.31. The normalized spacial score (nSPS) is 21.5. The minimum atomic E-state index is 0.281. The van der Waals surface area contributed by atoms with Crippen molar-refractivity contribution in [2.45, 2.75) is 59.5 Å². The third-order valence-corrected chi connectivity index (χ3v) is 5.51. The highest BCUT2D eigenvalue weighted by Gasteiger charge is 2.25. The molecule has 0 amide bonds. The van der Waals surface area contributed by atoms with Gasteiger partial charge in [0.15, 0.2) is 0 Å². The van der Waals surface area contributed by atoms with E-state index in [1.54, 1.807) is 0 Å². The van der Waals surface area contributed by atoms with Crippen LogP contribution >= 0.6 is 15.9 Å². The molecule has 5 heteroatoms. The molecule has 0 unspecified atom stereocenters. The SMILES string of the molecule is CCN(C)/C=N\c1cc(Br)c(O[C@H]2CC[C@@H](C(C)C)CC2)nc1C. The summed E-state index contributed by atoms with van der Waals surface area (Å²) in [6.07, 6.45) is 6.87. The molecule has 0 radical (unpaired) electrons. The molecule has 0 spiro atoms. The van der Waals surface area contributed by atoms with Gasteiger partial charge in [-0.1, -0.05) is 13.8 Å². The van der Waals surface area contributed by atoms with Crippen LogP contribution < -0.4 is 4.74 Å². The van der Waals surface area contributed by atoms with E-state index < -0.39 is 0 Å². The van der Waals surface area contributed by atoms with Crippen molar-refractivity contribution in [3.63, 3.8) is 0 Å². The number of pyridine rings is 1. The summed E-state index contributed by atoms with van der Waals surface area (Å²) in [7, 11) is 2.01. The Morgan fingerprint density at radius 1 is 1.38 bits per heavy atom. The molecule has 0 bridgehead atoms. The Bertz CT molecular complexity index is 566. The predicted molar refractivity (Wildman–Crippen MR) is 104 cm³/mol. The number of rotatable bonds is 6. The van der Waals surface area contributed by atoms with Crippen molar-refractivity contribution in [2.75, 3.05) is 13.6 Å². The topological polar surface area (TPSA) is 37.7 Å². The highest BCUT2D eigenvalue weighted by Crippen LogP contribution is 2.35. The number of aliphatic imine (C=N–C) groups is 1. The maximum Gasteiger partial charge on any atom is 0.228 e. The Morgan fingerprint density at radius 3 is 2.62 bits per heavy atom. The van der Waals surface area contributed by atoms with E-state index >= 15 is 0 Å². The molecular formula is C19H30BrN3O. The van der Waals surface area contributed by atoms with Gasteiger partial charge in [-0.15, -0.1) is 0 Å². The van der Waals surface area contributed by atoms with Gasteiger partial charge < -0.3 is 9.64 Å². The number of hydrogen-bond acceptors (Lipinski definition) is 3. The number of hydrogen-bond donors (Lipinski definition) is 0. The zero-order chi connectivity index (χ0) is 17.7. The van der Waals surface area contributed by atoms with Gasteiger partial charge in [-0.2, -0.15) is 0 Å². The Hall–Kier alpha value is -1.10. The van der Waals surface area contributed by atoms with Crippen LogP contribution in [0.25, 0.3) is 0 Å². The molecular weight excluding hydrogens is 366 g/mol.